The second kappa shape index (κ2) is 10.1. The van der Waals surface area contributed by atoms with E-state index in [1.807, 2.05) is 24.0 Å². The van der Waals surface area contributed by atoms with Crippen molar-refractivity contribution in [2.45, 2.75) is 45.3 Å². The van der Waals surface area contributed by atoms with E-state index in [2.05, 4.69) is 63.0 Å². The normalized spacial score (nSPS) is 16.4. The minimum Gasteiger partial charge on any atom is -0.354 e. The summed E-state index contributed by atoms with van der Waals surface area (Å²) in [5, 5.41) is 11.5. The van der Waals surface area contributed by atoms with Gasteiger partial charge in [-0.25, -0.2) is 0 Å². The largest absolute Gasteiger partial charge is 0.354 e. The Kier molecular flexibility index (Phi) is 7.27. The Morgan fingerprint density at radius 3 is 2.67 bits per heavy atom. The van der Waals surface area contributed by atoms with Crippen LogP contribution in [0, 0.1) is 0 Å². The van der Waals surface area contributed by atoms with E-state index < -0.39 is 0 Å². The molecule has 0 spiro atoms. The van der Waals surface area contributed by atoms with Crippen LogP contribution in [0.5, 0.6) is 0 Å². The first-order chi connectivity index (χ1) is 13.3. The molecule has 6 heteroatoms. The first-order valence-electron chi connectivity index (χ1n) is 10.0. The fraction of sp³-hybridized carbons (Fsp3) is 0.524. The standard InChI is InChI=1S/C21H32N6/c1-3-11-26-12-9-20(10-13-26)25-21(22-2)23-14-19-15-24-27(17-19)16-18-7-5-4-6-8-18/h4-8,15,17,20H,3,9-14,16H2,1-2H3,(H2,22,23,25). The maximum Gasteiger partial charge on any atom is 0.191 e. The van der Waals surface area contributed by atoms with Crippen LogP contribution in [0.3, 0.4) is 0 Å². The first kappa shape index (κ1) is 19.4. The molecule has 2 N–H and O–H groups in total. The van der Waals surface area contributed by atoms with E-state index in [0.717, 1.165) is 24.6 Å². The van der Waals surface area contributed by atoms with Crippen molar-refractivity contribution in [2.24, 2.45) is 4.99 Å². The molecule has 1 fully saturated rings. The van der Waals surface area contributed by atoms with Crippen LogP contribution in [-0.2, 0) is 13.1 Å². The summed E-state index contributed by atoms with van der Waals surface area (Å²) in [6.45, 7) is 7.33. The van der Waals surface area contributed by atoms with Gasteiger partial charge in [0, 0.05) is 44.5 Å². The number of hydrogen-bond donors (Lipinski definition) is 2. The number of aliphatic imine (C=N–C) groups is 1. The molecule has 1 saturated heterocycles. The lowest BCUT2D eigenvalue weighted by molar-refractivity contribution is 0.206. The smallest absolute Gasteiger partial charge is 0.191 e. The van der Waals surface area contributed by atoms with Crippen molar-refractivity contribution >= 4 is 5.96 Å². The highest BCUT2D eigenvalue weighted by Crippen LogP contribution is 2.10. The molecule has 0 bridgehead atoms. The second-order valence-corrected chi connectivity index (χ2v) is 7.22. The van der Waals surface area contributed by atoms with Crippen molar-refractivity contribution < 1.29 is 0 Å². The SMILES string of the molecule is CCCN1CCC(NC(=NC)NCc2cnn(Cc3ccccc3)c2)CC1. The molecule has 27 heavy (non-hydrogen) atoms. The third-order valence-corrected chi connectivity index (χ3v) is 5.03. The third-order valence-electron chi connectivity index (χ3n) is 5.03. The highest BCUT2D eigenvalue weighted by Gasteiger charge is 2.19. The summed E-state index contributed by atoms with van der Waals surface area (Å²) in [5.74, 6) is 0.875. The summed E-state index contributed by atoms with van der Waals surface area (Å²) in [6, 6.07) is 10.9. The van der Waals surface area contributed by atoms with Gasteiger partial charge in [0.05, 0.1) is 12.7 Å². The number of hydrogen-bond acceptors (Lipinski definition) is 3. The third kappa shape index (κ3) is 6.10. The van der Waals surface area contributed by atoms with Gasteiger partial charge in [-0.15, -0.1) is 0 Å². The van der Waals surface area contributed by atoms with Crippen LogP contribution in [0.25, 0.3) is 0 Å². The number of piperidine rings is 1. The van der Waals surface area contributed by atoms with Crippen molar-refractivity contribution in [3.63, 3.8) is 0 Å². The Morgan fingerprint density at radius 1 is 1.19 bits per heavy atom. The molecule has 0 amide bonds. The predicted octanol–water partition coefficient (Wildman–Crippen LogP) is 2.47. The van der Waals surface area contributed by atoms with E-state index in [4.69, 9.17) is 0 Å². The molecule has 3 rings (SSSR count). The van der Waals surface area contributed by atoms with Gasteiger partial charge in [0.15, 0.2) is 5.96 Å². The molecule has 0 saturated carbocycles. The maximum absolute atomic E-state index is 4.47. The number of nitrogens with zero attached hydrogens (tertiary/aromatic N) is 4. The average Bonchev–Trinajstić information content (AvgIpc) is 3.15. The average molecular weight is 369 g/mol. The lowest BCUT2D eigenvalue weighted by Gasteiger charge is -2.32. The number of aromatic nitrogens is 2. The van der Waals surface area contributed by atoms with E-state index >= 15 is 0 Å². The van der Waals surface area contributed by atoms with Crippen molar-refractivity contribution in [3.8, 4) is 0 Å². The summed E-state index contributed by atoms with van der Waals surface area (Å²) in [4.78, 5) is 6.93. The quantitative estimate of drug-likeness (QED) is 0.582. The molecule has 0 unspecified atom stereocenters. The molecule has 146 valence electrons. The highest BCUT2D eigenvalue weighted by atomic mass is 15.3. The number of nitrogens with one attached hydrogen (secondary N) is 2. The molecule has 0 atom stereocenters. The highest BCUT2D eigenvalue weighted by molar-refractivity contribution is 5.79. The summed E-state index contributed by atoms with van der Waals surface area (Å²) in [7, 11) is 1.83. The Labute approximate surface area is 162 Å². The van der Waals surface area contributed by atoms with Crippen LogP contribution in [0.4, 0.5) is 0 Å². The van der Waals surface area contributed by atoms with Gasteiger partial charge in [-0.2, -0.15) is 5.10 Å². The van der Waals surface area contributed by atoms with Gasteiger partial charge in [-0.1, -0.05) is 37.3 Å². The number of guanidine groups is 1. The molecular formula is C21H32N6. The Morgan fingerprint density at radius 2 is 1.96 bits per heavy atom. The van der Waals surface area contributed by atoms with Crippen LogP contribution in [-0.4, -0.2) is 53.4 Å². The van der Waals surface area contributed by atoms with Gasteiger partial charge in [-0.05, 0) is 31.4 Å². The van der Waals surface area contributed by atoms with Crippen LogP contribution in [0.1, 0.15) is 37.3 Å². The molecule has 1 aromatic carbocycles. The second-order valence-electron chi connectivity index (χ2n) is 7.22. The van der Waals surface area contributed by atoms with Gasteiger partial charge in [0.2, 0.25) is 0 Å². The Hall–Kier alpha value is -2.34. The monoisotopic (exact) mass is 368 g/mol. The lowest BCUT2D eigenvalue weighted by atomic mass is 10.1. The van der Waals surface area contributed by atoms with Crippen molar-refractivity contribution in [1.29, 1.82) is 0 Å². The Balaban J connectivity index is 1.43. The fourth-order valence-electron chi connectivity index (χ4n) is 3.55. The van der Waals surface area contributed by atoms with Crippen LogP contribution in [0.15, 0.2) is 47.7 Å². The van der Waals surface area contributed by atoms with Gasteiger partial charge in [0.25, 0.3) is 0 Å². The van der Waals surface area contributed by atoms with Crippen molar-refractivity contribution in [2.75, 3.05) is 26.7 Å². The van der Waals surface area contributed by atoms with E-state index in [1.165, 1.54) is 44.5 Å². The maximum atomic E-state index is 4.47. The zero-order chi connectivity index (χ0) is 18.9. The summed E-state index contributed by atoms with van der Waals surface area (Å²) in [6.07, 6.45) is 7.60. The minimum atomic E-state index is 0.505. The number of benzene rings is 1. The molecule has 2 heterocycles. The molecule has 1 aliphatic rings. The zero-order valence-electron chi connectivity index (χ0n) is 16.6. The van der Waals surface area contributed by atoms with E-state index in [-0.39, 0.29) is 0 Å². The molecule has 0 aliphatic carbocycles. The lowest BCUT2D eigenvalue weighted by Crippen LogP contribution is -2.48. The van der Waals surface area contributed by atoms with Gasteiger partial charge in [-0.3, -0.25) is 9.67 Å². The molecule has 6 nitrogen and oxygen atoms in total. The van der Waals surface area contributed by atoms with E-state index in [0.29, 0.717) is 6.04 Å². The predicted molar refractivity (Wildman–Crippen MR) is 111 cm³/mol. The summed E-state index contributed by atoms with van der Waals surface area (Å²) in [5.41, 5.74) is 2.42. The molecule has 0 radical (unpaired) electrons. The van der Waals surface area contributed by atoms with Crippen molar-refractivity contribution in [1.82, 2.24) is 25.3 Å². The van der Waals surface area contributed by atoms with E-state index in [1.54, 1.807) is 0 Å². The van der Waals surface area contributed by atoms with Crippen LogP contribution in [0.2, 0.25) is 0 Å². The fourth-order valence-corrected chi connectivity index (χ4v) is 3.55. The molecule has 2 aromatic rings. The number of rotatable bonds is 7. The summed E-state index contributed by atoms with van der Waals surface area (Å²) >= 11 is 0. The number of likely N-dealkylation sites (tertiary alicyclic amines) is 1. The zero-order valence-corrected chi connectivity index (χ0v) is 16.6. The molecule has 1 aliphatic heterocycles. The minimum absolute atomic E-state index is 0.505. The van der Waals surface area contributed by atoms with Crippen LogP contribution >= 0.6 is 0 Å². The topological polar surface area (TPSA) is 57.5 Å². The van der Waals surface area contributed by atoms with Crippen LogP contribution < -0.4 is 10.6 Å². The summed E-state index contributed by atoms with van der Waals surface area (Å²) < 4.78 is 1.98. The molecular weight excluding hydrogens is 336 g/mol. The Bertz CT molecular complexity index is 700. The van der Waals surface area contributed by atoms with E-state index in [9.17, 15) is 0 Å². The van der Waals surface area contributed by atoms with Gasteiger partial charge in [0.1, 0.15) is 0 Å². The van der Waals surface area contributed by atoms with Crippen molar-refractivity contribution in [3.05, 3.63) is 53.9 Å². The van der Waals surface area contributed by atoms with Gasteiger partial charge < -0.3 is 15.5 Å². The molecule has 1 aromatic heterocycles. The first-order valence-corrected chi connectivity index (χ1v) is 10.0. The van der Waals surface area contributed by atoms with Gasteiger partial charge >= 0.3 is 0 Å².